The molecule has 0 saturated heterocycles. The Bertz CT molecular complexity index is 270. The summed E-state index contributed by atoms with van der Waals surface area (Å²) in [6.07, 6.45) is 5.19. The summed E-state index contributed by atoms with van der Waals surface area (Å²) in [5.74, 6) is -1.52. The fourth-order valence-corrected chi connectivity index (χ4v) is 1.37. The molecule has 6 heteroatoms. The maximum atomic E-state index is 10.9. The van der Waals surface area contributed by atoms with Crippen molar-refractivity contribution < 1.29 is 22.5 Å². The Hall–Kier alpha value is -0.620. The Morgan fingerprint density at radius 1 is 1.20 bits per heavy atom. The lowest BCUT2D eigenvalue weighted by Gasteiger charge is -2.02. The van der Waals surface area contributed by atoms with E-state index >= 15 is 0 Å². The summed E-state index contributed by atoms with van der Waals surface area (Å²) in [5.41, 5.74) is 0. The quantitative estimate of drug-likeness (QED) is 0.395. The molecular weight excluding hydrogens is 220 g/mol. The molecule has 0 aromatic rings. The van der Waals surface area contributed by atoms with Gasteiger partial charge in [-0.3, -0.25) is 9.35 Å². The fourth-order valence-electron chi connectivity index (χ4n) is 1.09. The van der Waals surface area contributed by atoms with Crippen molar-refractivity contribution in [1.82, 2.24) is 0 Å². The number of unbranched alkanes of at least 4 members (excludes halogenated alkanes) is 4. The topological polar surface area (TPSA) is 80.7 Å². The van der Waals surface area contributed by atoms with Gasteiger partial charge in [-0.2, -0.15) is 8.42 Å². The summed E-state index contributed by atoms with van der Waals surface area (Å²) in [6, 6.07) is 0. The molecule has 0 rings (SSSR count). The molecule has 0 spiro atoms. The Morgan fingerprint density at radius 2 is 1.80 bits per heavy atom. The predicted molar refractivity (Wildman–Crippen MR) is 55.9 cm³/mol. The smallest absolute Gasteiger partial charge is 0.306 e. The normalized spacial score (nSPS) is 11.3. The highest BCUT2D eigenvalue weighted by Crippen LogP contribution is 2.05. The first-order valence-electron chi connectivity index (χ1n) is 5.06. The van der Waals surface area contributed by atoms with E-state index in [2.05, 4.69) is 11.7 Å². The molecule has 15 heavy (non-hydrogen) atoms. The van der Waals surface area contributed by atoms with E-state index in [1.807, 2.05) is 0 Å². The maximum Gasteiger partial charge on any atom is 0.306 e. The molecule has 0 bridgehead atoms. The van der Waals surface area contributed by atoms with Gasteiger partial charge in [0.15, 0.2) is 0 Å². The Labute approximate surface area is 90.6 Å². The molecule has 0 heterocycles. The molecule has 90 valence electrons. The molecular formula is C9H18O5S. The largest absolute Gasteiger partial charge is 0.447 e. The first kappa shape index (κ1) is 14.4. The first-order valence-corrected chi connectivity index (χ1v) is 6.67. The summed E-state index contributed by atoms with van der Waals surface area (Å²) in [7, 11) is -4.20. The average Bonchev–Trinajstić information content (AvgIpc) is 2.13. The Morgan fingerprint density at radius 3 is 2.33 bits per heavy atom. The molecule has 0 unspecified atom stereocenters. The van der Waals surface area contributed by atoms with Crippen LogP contribution in [0, 0.1) is 0 Å². The van der Waals surface area contributed by atoms with E-state index in [4.69, 9.17) is 4.55 Å². The number of hydrogen-bond donors (Lipinski definition) is 1. The molecule has 0 aliphatic heterocycles. The molecule has 0 aromatic carbocycles. The van der Waals surface area contributed by atoms with Gasteiger partial charge in [0.1, 0.15) is 0 Å². The van der Waals surface area contributed by atoms with Crippen LogP contribution in [0.15, 0.2) is 0 Å². The molecule has 0 amide bonds. The Balaban J connectivity index is 3.42. The van der Waals surface area contributed by atoms with Crippen molar-refractivity contribution in [3.8, 4) is 0 Å². The zero-order valence-electron chi connectivity index (χ0n) is 8.94. The molecule has 0 saturated carbocycles. The Kier molecular flexibility index (Phi) is 7.33. The van der Waals surface area contributed by atoms with Gasteiger partial charge in [0, 0.05) is 6.42 Å². The van der Waals surface area contributed by atoms with Gasteiger partial charge in [0.05, 0.1) is 0 Å². The maximum absolute atomic E-state index is 10.9. The highest BCUT2D eigenvalue weighted by atomic mass is 32.2. The van der Waals surface area contributed by atoms with Crippen LogP contribution in [-0.4, -0.2) is 24.9 Å². The highest BCUT2D eigenvalue weighted by Gasteiger charge is 2.09. The van der Waals surface area contributed by atoms with Crippen LogP contribution in [0.1, 0.15) is 45.4 Å². The van der Waals surface area contributed by atoms with E-state index in [0.717, 1.165) is 25.7 Å². The molecule has 1 N–H and O–H groups in total. The predicted octanol–water partition coefficient (Wildman–Crippen LogP) is 1.74. The minimum Gasteiger partial charge on any atom is -0.447 e. The highest BCUT2D eigenvalue weighted by molar-refractivity contribution is 7.85. The van der Waals surface area contributed by atoms with Gasteiger partial charge < -0.3 is 4.74 Å². The number of hydrogen-bond acceptors (Lipinski definition) is 4. The zero-order valence-corrected chi connectivity index (χ0v) is 9.75. The third-order valence-corrected chi connectivity index (χ3v) is 2.27. The lowest BCUT2D eigenvalue weighted by molar-refractivity contribution is -0.141. The number of ether oxygens (including phenoxy) is 1. The molecule has 0 radical (unpaired) electrons. The zero-order chi connectivity index (χ0) is 11.7. The molecule has 5 nitrogen and oxygen atoms in total. The van der Waals surface area contributed by atoms with Crippen molar-refractivity contribution in [2.24, 2.45) is 0 Å². The second-order valence-corrected chi connectivity index (χ2v) is 4.78. The summed E-state index contributed by atoms with van der Waals surface area (Å²) >= 11 is 0. The molecule has 0 aliphatic carbocycles. The molecule has 0 aliphatic rings. The molecule has 0 fully saturated rings. The van der Waals surface area contributed by atoms with Crippen LogP contribution in [0.25, 0.3) is 0 Å². The van der Waals surface area contributed by atoms with E-state index in [1.54, 1.807) is 0 Å². The number of esters is 1. The standard InChI is InChI=1S/C9H18O5S/c1-2-3-4-5-6-7-9(10)14-8-15(11,12)13/h2-8H2,1H3,(H,11,12,13). The van der Waals surface area contributed by atoms with Crippen molar-refractivity contribution in [2.75, 3.05) is 5.94 Å². The van der Waals surface area contributed by atoms with Gasteiger partial charge in [-0.25, -0.2) is 0 Å². The van der Waals surface area contributed by atoms with Gasteiger partial charge >= 0.3 is 16.1 Å². The summed E-state index contributed by atoms with van der Waals surface area (Å²) in [5, 5.41) is 0. The third kappa shape index (κ3) is 11.3. The fraction of sp³-hybridized carbons (Fsp3) is 0.889. The second kappa shape index (κ2) is 7.64. The minimum absolute atomic E-state index is 0.208. The van der Waals surface area contributed by atoms with Crippen LogP contribution in [0.3, 0.4) is 0 Å². The van der Waals surface area contributed by atoms with Crippen LogP contribution < -0.4 is 0 Å². The van der Waals surface area contributed by atoms with Gasteiger partial charge in [0.25, 0.3) is 0 Å². The summed E-state index contributed by atoms with van der Waals surface area (Å²) in [6.45, 7) is 2.10. The SMILES string of the molecule is CCCCCCCC(=O)OCS(=O)(=O)O. The molecule has 0 aromatic heterocycles. The van der Waals surface area contributed by atoms with Crippen molar-refractivity contribution in [1.29, 1.82) is 0 Å². The summed E-state index contributed by atoms with van der Waals surface area (Å²) in [4.78, 5) is 10.9. The van der Waals surface area contributed by atoms with Crippen molar-refractivity contribution >= 4 is 16.1 Å². The third-order valence-electron chi connectivity index (χ3n) is 1.85. The van der Waals surface area contributed by atoms with Crippen LogP contribution >= 0.6 is 0 Å². The van der Waals surface area contributed by atoms with Crippen LogP contribution in [0.4, 0.5) is 0 Å². The van der Waals surface area contributed by atoms with E-state index in [0.29, 0.717) is 6.42 Å². The van der Waals surface area contributed by atoms with Crippen LogP contribution in [-0.2, 0) is 19.6 Å². The van der Waals surface area contributed by atoms with E-state index in [1.165, 1.54) is 0 Å². The molecule has 0 atom stereocenters. The first-order chi connectivity index (χ1) is 6.95. The number of carbonyl (C=O) groups is 1. The summed E-state index contributed by atoms with van der Waals surface area (Å²) < 4.78 is 33.1. The average molecular weight is 238 g/mol. The van der Waals surface area contributed by atoms with Crippen LogP contribution in [0.5, 0.6) is 0 Å². The number of carbonyl (C=O) groups excluding carboxylic acids is 1. The van der Waals surface area contributed by atoms with E-state index in [-0.39, 0.29) is 6.42 Å². The van der Waals surface area contributed by atoms with Crippen molar-refractivity contribution in [2.45, 2.75) is 45.4 Å². The van der Waals surface area contributed by atoms with Gasteiger partial charge in [-0.15, -0.1) is 0 Å². The lowest BCUT2D eigenvalue weighted by Crippen LogP contribution is -2.13. The van der Waals surface area contributed by atoms with Crippen molar-refractivity contribution in [3.05, 3.63) is 0 Å². The minimum atomic E-state index is -4.20. The monoisotopic (exact) mass is 238 g/mol. The number of rotatable bonds is 8. The van der Waals surface area contributed by atoms with Gasteiger partial charge in [0.2, 0.25) is 5.94 Å². The second-order valence-electron chi connectivity index (χ2n) is 3.38. The van der Waals surface area contributed by atoms with Crippen LogP contribution in [0.2, 0.25) is 0 Å². The van der Waals surface area contributed by atoms with E-state index in [9.17, 15) is 13.2 Å². The van der Waals surface area contributed by atoms with Gasteiger partial charge in [-0.05, 0) is 6.42 Å². The van der Waals surface area contributed by atoms with E-state index < -0.39 is 22.0 Å². The lowest BCUT2D eigenvalue weighted by atomic mass is 10.1. The van der Waals surface area contributed by atoms with Gasteiger partial charge in [-0.1, -0.05) is 32.6 Å². The van der Waals surface area contributed by atoms with Crippen molar-refractivity contribution in [3.63, 3.8) is 0 Å².